The number of esters is 1. The fourth-order valence-corrected chi connectivity index (χ4v) is 3.28. The highest BCUT2D eigenvalue weighted by molar-refractivity contribution is 6.33. The molecule has 2 amide bonds. The Hall–Kier alpha value is -3.63. The van der Waals surface area contributed by atoms with Gasteiger partial charge in [0.2, 0.25) is 0 Å². The minimum absolute atomic E-state index is 0.0904. The van der Waals surface area contributed by atoms with Crippen LogP contribution < -0.4 is 0 Å². The summed E-state index contributed by atoms with van der Waals surface area (Å²) in [5, 5.41) is 9.53. The molecule has 1 aromatic carbocycles. The molecule has 0 spiro atoms. The third kappa shape index (κ3) is 4.51. The molecule has 8 heteroatoms. The molecule has 0 saturated heterocycles. The van der Waals surface area contributed by atoms with Gasteiger partial charge in [-0.3, -0.25) is 14.5 Å². The first-order valence-electron chi connectivity index (χ1n) is 9.86. The molecular weight excluding hydrogens is 432 g/mol. The Bertz CT molecular complexity index is 1210. The SMILES string of the molecule is CC1=C(C#N)C(=O)N(C)C(=O)C1=Cc1ccc(-c2ccc(Cl)c(C(=O)OCC(C)C)c2)o1. The third-order valence-corrected chi connectivity index (χ3v) is 5.21. The highest BCUT2D eigenvalue weighted by Gasteiger charge is 2.33. The van der Waals surface area contributed by atoms with Crippen LogP contribution in [0.5, 0.6) is 0 Å². The molecule has 3 rings (SSSR count). The highest BCUT2D eigenvalue weighted by atomic mass is 35.5. The van der Waals surface area contributed by atoms with Gasteiger partial charge < -0.3 is 9.15 Å². The molecule has 1 aromatic heterocycles. The van der Waals surface area contributed by atoms with Crippen LogP contribution in [-0.2, 0) is 14.3 Å². The molecule has 0 bridgehead atoms. The molecule has 164 valence electrons. The Labute approximate surface area is 190 Å². The van der Waals surface area contributed by atoms with Gasteiger partial charge in [-0.1, -0.05) is 25.4 Å². The Morgan fingerprint density at radius 2 is 1.97 bits per heavy atom. The number of carbonyl (C=O) groups excluding carboxylic acids is 3. The predicted molar refractivity (Wildman–Crippen MR) is 118 cm³/mol. The second-order valence-corrected chi connectivity index (χ2v) is 8.14. The molecule has 0 fully saturated rings. The number of hydrogen-bond donors (Lipinski definition) is 0. The molecule has 0 radical (unpaired) electrons. The van der Waals surface area contributed by atoms with E-state index in [4.69, 9.17) is 20.8 Å². The summed E-state index contributed by atoms with van der Waals surface area (Å²) in [6.45, 7) is 5.70. The summed E-state index contributed by atoms with van der Waals surface area (Å²) in [5.41, 5.74) is 1.22. The smallest absolute Gasteiger partial charge is 0.339 e. The van der Waals surface area contributed by atoms with Crippen LogP contribution in [0.1, 0.15) is 36.9 Å². The molecule has 1 aliphatic heterocycles. The molecule has 32 heavy (non-hydrogen) atoms. The molecule has 0 unspecified atom stereocenters. The molecule has 0 N–H and O–H groups in total. The van der Waals surface area contributed by atoms with Gasteiger partial charge in [0.1, 0.15) is 23.2 Å². The van der Waals surface area contributed by atoms with Crippen molar-refractivity contribution in [3.8, 4) is 17.4 Å². The van der Waals surface area contributed by atoms with Crippen LogP contribution in [-0.4, -0.2) is 36.3 Å². The van der Waals surface area contributed by atoms with Gasteiger partial charge in [0.15, 0.2) is 0 Å². The standard InChI is InChI=1S/C24H21ClN2O5/c1-13(2)12-31-24(30)18-9-15(5-7-20(18)25)21-8-6-16(32-21)10-17-14(3)19(11-26)23(29)27(4)22(17)28/h5-10,13H,12H2,1-4H3. The fraction of sp³-hybridized carbons (Fsp3) is 0.250. The average Bonchev–Trinajstić information content (AvgIpc) is 3.23. The maximum atomic E-state index is 12.5. The van der Waals surface area contributed by atoms with Crippen LogP contribution in [0.15, 0.2) is 51.5 Å². The molecule has 0 saturated carbocycles. The van der Waals surface area contributed by atoms with Crippen molar-refractivity contribution in [3.63, 3.8) is 0 Å². The number of hydrogen-bond acceptors (Lipinski definition) is 6. The first-order valence-corrected chi connectivity index (χ1v) is 10.2. The zero-order valence-corrected chi connectivity index (χ0v) is 18.8. The van der Waals surface area contributed by atoms with Crippen molar-refractivity contribution < 1.29 is 23.5 Å². The lowest BCUT2D eigenvalue weighted by molar-refractivity contribution is -0.138. The van der Waals surface area contributed by atoms with Crippen molar-refractivity contribution in [3.05, 3.63) is 63.4 Å². The maximum absolute atomic E-state index is 12.5. The van der Waals surface area contributed by atoms with Crippen molar-refractivity contribution >= 4 is 35.5 Å². The Balaban J connectivity index is 1.94. The molecular formula is C24H21ClN2O5. The number of carbonyl (C=O) groups is 3. The van der Waals surface area contributed by atoms with E-state index in [1.165, 1.54) is 13.1 Å². The van der Waals surface area contributed by atoms with Gasteiger partial charge in [-0.25, -0.2) is 4.79 Å². The number of furan rings is 1. The van der Waals surface area contributed by atoms with Gasteiger partial charge in [0, 0.05) is 18.2 Å². The van der Waals surface area contributed by atoms with Crippen molar-refractivity contribution in [1.82, 2.24) is 4.90 Å². The number of halogens is 1. The monoisotopic (exact) mass is 452 g/mol. The van der Waals surface area contributed by atoms with Crippen LogP contribution in [0.25, 0.3) is 17.4 Å². The lowest BCUT2D eigenvalue weighted by Gasteiger charge is -2.23. The minimum Gasteiger partial charge on any atom is -0.462 e. The van der Waals surface area contributed by atoms with Gasteiger partial charge in [-0.15, -0.1) is 0 Å². The van der Waals surface area contributed by atoms with Crippen molar-refractivity contribution in [2.45, 2.75) is 20.8 Å². The highest BCUT2D eigenvalue weighted by Crippen LogP contribution is 2.30. The maximum Gasteiger partial charge on any atom is 0.339 e. The summed E-state index contributed by atoms with van der Waals surface area (Å²) in [6.07, 6.45) is 1.48. The van der Waals surface area contributed by atoms with Crippen LogP contribution in [0, 0.1) is 17.2 Å². The van der Waals surface area contributed by atoms with Crippen LogP contribution >= 0.6 is 11.6 Å². The number of likely N-dealkylation sites (N-methyl/N-ethyl adjacent to an activating group) is 1. The average molecular weight is 453 g/mol. The number of nitrogens with zero attached hydrogens (tertiary/aromatic N) is 2. The molecule has 2 heterocycles. The second-order valence-electron chi connectivity index (χ2n) is 7.73. The molecule has 7 nitrogen and oxygen atoms in total. The van der Waals surface area contributed by atoms with E-state index < -0.39 is 17.8 Å². The van der Waals surface area contributed by atoms with E-state index in [1.54, 1.807) is 37.3 Å². The zero-order valence-electron chi connectivity index (χ0n) is 18.1. The summed E-state index contributed by atoms with van der Waals surface area (Å²) in [5.74, 6) is -0.693. The Morgan fingerprint density at radius 3 is 2.62 bits per heavy atom. The van der Waals surface area contributed by atoms with E-state index in [-0.39, 0.29) is 34.3 Å². The summed E-state index contributed by atoms with van der Waals surface area (Å²) < 4.78 is 11.1. The van der Waals surface area contributed by atoms with Crippen LogP contribution in [0.4, 0.5) is 0 Å². The van der Waals surface area contributed by atoms with Crippen molar-refractivity contribution in [1.29, 1.82) is 5.26 Å². The van der Waals surface area contributed by atoms with E-state index in [0.29, 0.717) is 22.7 Å². The van der Waals surface area contributed by atoms with E-state index >= 15 is 0 Å². The van der Waals surface area contributed by atoms with Gasteiger partial charge in [-0.05, 0) is 54.8 Å². The topological polar surface area (TPSA) is 101 Å². The first kappa shape index (κ1) is 23.0. The molecule has 0 aliphatic carbocycles. The van der Waals surface area contributed by atoms with Crippen molar-refractivity contribution in [2.24, 2.45) is 5.92 Å². The number of amides is 2. The number of imide groups is 1. The normalized spacial score (nSPS) is 15.5. The first-order chi connectivity index (χ1) is 15.1. The van der Waals surface area contributed by atoms with Gasteiger partial charge in [-0.2, -0.15) is 5.26 Å². The minimum atomic E-state index is -0.634. The fourth-order valence-electron chi connectivity index (χ4n) is 3.08. The number of rotatable bonds is 5. The Kier molecular flexibility index (Phi) is 6.66. The predicted octanol–water partition coefficient (Wildman–Crippen LogP) is 4.63. The van der Waals surface area contributed by atoms with Gasteiger partial charge in [0.05, 0.1) is 17.2 Å². The zero-order chi connectivity index (χ0) is 23.6. The largest absolute Gasteiger partial charge is 0.462 e. The molecule has 0 atom stereocenters. The number of benzene rings is 1. The molecule has 2 aromatic rings. The van der Waals surface area contributed by atoms with Crippen LogP contribution in [0.2, 0.25) is 5.02 Å². The lowest BCUT2D eigenvalue weighted by atomic mass is 9.95. The van der Waals surface area contributed by atoms with E-state index in [0.717, 1.165) is 4.90 Å². The second kappa shape index (κ2) is 9.25. The number of ether oxygens (including phenoxy) is 1. The summed E-state index contributed by atoms with van der Waals surface area (Å²) >= 11 is 6.17. The van der Waals surface area contributed by atoms with E-state index in [2.05, 4.69) is 0 Å². The third-order valence-electron chi connectivity index (χ3n) is 4.88. The summed E-state index contributed by atoms with van der Waals surface area (Å²) in [6, 6.07) is 10.1. The van der Waals surface area contributed by atoms with Gasteiger partial charge in [0.25, 0.3) is 11.8 Å². The lowest BCUT2D eigenvalue weighted by Crippen LogP contribution is -2.39. The van der Waals surface area contributed by atoms with Crippen molar-refractivity contribution in [2.75, 3.05) is 13.7 Å². The van der Waals surface area contributed by atoms with E-state index in [1.807, 2.05) is 19.9 Å². The molecule has 1 aliphatic rings. The summed E-state index contributed by atoms with van der Waals surface area (Å²) in [4.78, 5) is 37.9. The van der Waals surface area contributed by atoms with E-state index in [9.17, 15) is 19.6 Å². The quantitative estimate of drug-likeness (QED) is 0.372. The Morgan fingerprint density at radius 1 is 1.25 bits per heavy atom. The van der Waals surface area contributed by atoms with Gasteiger partial charge >= 0.3 is 5.97 Å². The van der Waals surface area contributed by atoms with Crippen LogP contribution in [0.3, 0.4) is 0 Å². The summed E-state index contributed by atoms with van der Waals surface area (Å²) in [7, 11) is 1.32. The number of nitriles is 1.